The van der Waals surface area contributed by atoms with Crippen LogP contribution in [0.3, 0.4) is 0 Å². The topological polar surface area (TPSA) is 69.0 Å². The summed E-state index contributed by atoms with van der Waals surface area (Å²) >= 11 is 0. The van der Waals surface area contributed by atoms with E-state index < -0.39 is 0 Å². The van der Waals surface area contributed by atoms with Crippen molar-refractivity contribution in [2.24, 2.45) is 0 Å². The molecular formula is C26H20N4O2. The van der Waals surface area contributed by atoms with Gasteiger partial charge in [-0.15, -0.1) is 10.2 Å². The Bertz CT molecular complexity index is 1380. The molecule has 156 valence electrons. The molecule has 32 heavy (non-hydrogen) atoms. The fourth-order valence-electron chi connectivity index (χ4n) is 3.46. The third-order valence-corrected chi connectivity index (χ3v) is 5.20. The predicted octanol–water partition coefficient (Wildman–Crippen LogP) is 5.35. The van der Waals surface area contributed by atoms with E-state index in [9.17, 15) is 4.79 Å². The molecule has 1 amide bonds. The molecule has 0 saturated carbocycles. The van der Waals surface area contributed by atoms with Crippen LogP contribution in [0.2, 0.25) is 0 Å². The lowest BCUT2D eigenvalue weighted by atomic mass is 10.0. The molecule has 0 aliphatic carbocycles. The Morgan fingerprint density at radius 2 is 1.47 bits per heavy atom. The fourth-order valence-corrected chi connectivity index (χ4v) is 3.46. The molecule has 1 N–H and O–H groups in total. The quantitative estimate of drug-likeness (QED) is 0.416. The maximum absolute atomic E-state index is 12.5. The number of anilines is 1. The van der Waals surface area contributed by atoms with Crippen molar-refractivity contribution in [1.82, 2.24) is 15.0 Å². The van der Waals surface area contributed by atoms with Crippen LogP contribution >= 0.6 is 0 Å². The molecule has 0 spiro atoms. The number of fused-ring (bicyclic) bond motifs is 1. The van der Waals surface area contributed by atoms with Crippen molar-refractivity contribution in [3.63, 3.8) is 0 Å². The minimum atomic E-state index is -0.167. The number of hydrogen-bond donors (Lipinski definition) is 1. The van der Waals surface area contributed by atoms with Crippen LogP contribution in [-0.4, -0.2) is 28.0 Å². The lowest BCUT2D eigenvalue weighted by Crippen LogP contribution is -2.11. The molecule has 0 bridgehead atoms. The summed E-state index contributed by atoms with van der Waals surface area (Å²) in [5.41, 5.74) is 5.94. The summed E-state index contributed by atoms with van der Waals surface area (Å²) in [6.07, 6.45) is 0. The van der Waals surface area contributed by atoms with Gasteiger partial charge in [0.1, 0.15) is 16.8 Å². The Morgan fingerprint density at radius 1 is 0.781 bits per heavy atom. The van der Waals surface area contributed by atoms with Crippen LogP contribution < -0.4 is 10.1 Å². The summed E-state index contributed by atoms with van der Waals surface area (Å²) in [5, 5.41) is 12.1. The number of nitrogens with one attached hydrogen (secondary N) is 1. The largest absolute Gasteiger partial charge is 0.497 e. The van der Waals surface area contributed by atoms with E-state index >= 15 is 0 Å². The van der Waals surface area contributed by atoms with Gasteiger partial charge in [0, 0.05) is 11.3 Å². The van der Waals surface area contributed by atoms with Crippen molar-refractivity contribution in [2.45, 2.75) is 0 Å². The zero-order chi connectivity index (χ0) is 21.9. The molecule has 5 rings (SSSR count). The van der Waals surface area contributed by atoms with Gasteiger partial charge in [-0.3, -0.25) is 4.79 Å². The highest BCUT2D eigenvalue weighted by Crippen LogP contribution is 2.25. The highest BCUT2D eigenvalue weighted by atomic mass is 16.5. The van der Waals surface area contributed by atoms with Gasteiger partial charge in [0.05, 0.1) is 12.8 Å². The van der Waals surface area contributed by atoms with E-state index in [1.54, 1.807) is 36.2 Å². The molecule has 0 radical (unpaired) electrons. The Kier molecular flexibility index (Phi) is 5.09. The van der Waals surface area contributed by atoms with Crippen LogP contribution in [0.4, 0.5) is 5.69 Å². The second-order valence-electron chi connectivity index (χ2n) is 7.29. The molecule has 0 unspecified atom stereocenters. The lowest BCUT2D eigenvalue weighted by molar-refractivity contribution is 0.102. The second kappa shape index (κ2) is 8.35. The van der Waals surface area contributed by atoms with E-state index in [-0.39, 0.29) is 5.91 Å². The zero-order valence-corrected chi connectivity index (χ0v) is 17.4. The van der Waals surface area contributed by atoms with Crippen molar-refractivity contribution in [3.05, 3.63) is 103 Å². The average Bonchev–Trinajstić information content (AvgIpc) is 3.29. The maximum atomic E-state index is 12.5. The Labute approximate surface area is 185 Å². The van der Waals surface area contributed by atoms with Crippen molar-refractivity contribution in [2.75, 3.05) is 12.4 Å². The molecule has 0 aliphatic rings. The lowest BCUT2D eigenvalue weighted by Gasteiger charge is -2.07. The Balaban J connectivity index is 1.34. The van der Waals surface area contributed by atoms with Gasteiger partial charge in [0.15, 0.2) is 0 Å². The first-order valence-electron chi connectivity index (χ1n) is 10.2. The number of carbonyl (C=O) groups excluding carboxylic acids is 1. The third-order valence-electron chi connectivity index (χ3n) is 5.20. The van der Waals surface area contributed by atoms with Crippen LogP contribution in [0.5, 0.6) is 5.75 Å². The van der Waals surface area contributed by atoms with Crippen molar-refractivity contribution in [3.8, 4) is 22.6 Å². The van der Waals surface area contributed by atoms with Gasteiger partial charge in [-0.2, -0.15) is 4.80 Å². The Morgan fingerprint density at radius 3 is 2.19 bits per heavy atom. The van der Waals surface area contributed by atoms with E-state index in [4.69, 9.17) is 4.74 Å². The van der Waals surface area contributed by atoms with Gasteiger partial charge in [-0.05, 0) is 71.8 Å². The number of rotatable bonds is 5. The highest BCUT2D eigenvalue weighted by Gasteiger charge is 2.09. The van der Waals surface area contributed by atoms with Crippen LogP contribution in [0, 0.1) is 0 Å². The van der Waals surface area contributed by atoms with E-state index in [1.807, 2.05) is 72.8 Å². The van der Waals surface area contributed by atoms with E-state index in [2.05, 4.69) is 15.5 Å². The van der Waals surface area contributed by atoms with Crippen molar-refractivity contribution >= 4 is 22.6 Å². The number of carbonyl (C=O) groups is 1. The van der Waals surface area contributed by atoms with Gasteiger partial charge < -0.3 is 10.1 Å². The van der Waals surface area contributed by atoms with E-state index in [0.717, 1.165) is 33.5 Å². The van der Waals surface area contributed by atoms with Gasteiger partial charge in [0.2, 0.25) is 0 Å². The molecule has 0 fully saturated rings. The summed E-state index contributed by atoms with van der Waals surface area (Å²) in [4.78, 5) is 14.1. The minimum Gasteiger partial charge on any atom is -0.497 e. The Hall–Kier alpha value is -4.45. The number of aromatic nitrogens is 3. The summed E-state index contributed by atoms with van der Waals surface area (Å²) in [7, 11) is 1.60. The van der Waals surface area contributed by atoms with Gasteiger partial charge in [-0.1, -0.05) is 36.4 Å². The first kappa shape index (κ1) is 19.5. The third kappa shape index (κ3) is 3.94. The van der Waals surface area contributed by atoms with Gasteiger partial charge >= 0.3 is 0 Å². The minimum absolute atomic E-state index is 0.167. The molecule has 5 aromatic rings. The number of nitrogens with zero attached hydrogens (tertiary/aromatic N) is 3. The first-order chi connectivity index (χ1) is 15.7. The van der Waals surface area contributed by atoms with E-state index in [1.165, 1.54) is 0 Å². The number of hydrogen-bond acceptors (Lipinski definition) is 4. The molecule has 0 aliphatic heterocycles. The maximum Gasteiger partial charge on any atom is 0.255 e. The second-order valence-corrected chi connectivity index (χ2v) is 7.29. The normalized spacial score (nSPS) is 10.8. The molecule has 0 atom stereocenters. The number of ether oxygens (including phenoxy) is 1. The first-order valence-corrected chi connectivity index (χ1v) is 10.2. The number of benzene rings is 4. The van der Waals surface area contributed by atoms with Crippen molar-refractivity contribution in [1.29, 1.82) is 0 Å². The molecule has 6 heteroatoms. The summed E-state index contributed by atoms with van der Waals surface area (Å²) < 4.78 is 5.13. The zero-order valence-electron chi connectivity index (χ0n) is 17.4. The van der Waals surface area contributed by atoms with Crippen LogP contribution in [0.15, 0.2) is 97.1 Å². The van der Waals surface area contributed by atoms with Gasteiger partial charge in [-0.25, -0.2) is 0 Å². The fraction of sp³-hybridized carbons (Fsp3) is 0.0385. The highest BCUT2D eigenvalue weighted by molar-refractivity contribution is 6.04. The molecule has 1 heterocycles. The molecule has 1 aromatic heterocycles. The SMILES string of the molecule is COc1ccc(C(=O)Nc2ccc(-c3ccc4nn(-c5ccccc5)nc4c3)cc2)cc1. The van der Waals surface area contributed by atoms with Crippen LogP contribution in [0.25, 0.3) is 27.8 Å². The monoisotopic (exact) mass is 420 g/mol. The standard InChI is InChI=1S/C26H20N4O2/c1-32-23-14-9-19(10-15-23)26(31)27-21-12-7-18(8-13-21)20-11-16-24-25(17-20)29-30(28-24)22-5-3-2-4-6-22/h2-17H,1H3,(H,27,31). The smallest absolute Gasteiger partial charge is 0.255 e. The number of methoxy groups -OCH3 is 1. The average molecular weight is 420 g/mol. The molecule has 0 saturated heterocycles. The van der Waals surface area contributed by atoms with Crippen LogP contribution in [-0.2, 0) is 0 Å². The molecule has 4 aromatic carbocycles. The van der Waals surface area contributed by atoms with Gasteiger partial charge in [0.25, 0.3) is 5.91 Å². The molecular weight excluding hydrogens is 400 g/mol. The summed E-state index contributed by atoms with van der Waals surface area (Å²) in [6, 6.07) is 30.6. The number of amides is 1. The summed E-state index contributed by atoms with van der Waals surface area (Å²) in [5.74, 6) is 0.547. The number of para-hydroxylation sites is 1. The molecule has 6 nitrogen and oxygen atoms in total. The van der Waals surface area contributed by atoms with E-state index in [0.29, 0.717) is 11.3 Å². The summed E-state index contributed by atoms with van der Waals surface area (Å²) in [6.45, 7) is 0. The predicted molar refractivity (Wildman–Crippen MR) is 125 cm³/mol. The van der Waals surface area contributed by atoms with Crippen molar-refractivity contribution < 1.29 is 9.53 Å². The van der Waals surface area contributed by atoms with Crippen LogP contribution in [0.1, 0.15) is 10.4 Å².